The van der Waals surface area contributed by atoms with Crippen molar-refractivity contribution >= 4 is 28.4 Å². The maximum Gasteiger partial charge on any atom is 0.197 e. The molecule has 3 aliphatic carbocycles. The zero-order valence-electron chi connectivity index (χ0n) is 13.3. The Morgan fingerprint density at radius 1 is 1.43 bits per heavy atom. The van der Waals surface area contributed by atoms with Gasteiger partial charge in [-0.15, -0.1) is 0 Å². The van der Waals surface area contributed by atoms with Gasteiger partial charge in [0.1, 0.15) is 5.76 Å². The molecule has 0 aromatic heterocycles. The molecular formula is C18H20INO3. The highest BCUT2D eigenvalue weighted by atomic mass is 127. The van der Waals surface area contributed by atoms with E-state index in [0.29, 0.717) is 23.8 Å². The van der Waals surface area contributed by atoms with Crippen molar-refractivity contribution in [1.29, 1.82) is 0 Å². The van der Waals surface area contributed by atoms with E-state index >= 15 is 0 Å². The fraction of sp³-hybridized carbons (Fsp3) is 0.611. The lowest BCUT2D eigenvalue weighted by Gasteiger charge is -2.60. The van der Waals surface area contributed by atoms with Gasteiger partial charge in [-0.3, -0.25) is 4.79 Å². The monoisotopic (exact) mass is 425 g/mol. The molecule has 5 aliphatic rings. The first-order valence-corrected chi connectivity index (χ1v) is 9.40. The van der Waals surface area contributed by atoms with Gasteiger partial charge in [-0.25, -0.2) is 0 Å². The standard InChI is InChI=1S/C18H20INO3/c1-20-6-5-18-14-9-3-4-13(22-2)16(14)23-17(18)12(21)8-10(19)15(18)11(20)7-9/h3-4,8-9,11,14-15,17H,5-7H2,1-2H3/t9?,11-,14?,15+,17+,18-/m1/s1. The van der Waals surface area contributed by atoms with Gasteiger partial charge in [0.25, 0.3) is 0 Å². The third-order valence-electron chi connectivity index (χ3n) is 6.76. The van der Waals surface area contributed by atoms with Gasteiger partial charge in [-0.1, -0.05) is 6.08 Å². The van der Waals surface area contributed by atoms with E-state index in [4.69, 9.17) is 9.47 Å². The highest BCUT2D eigenvalue weighted by Crippen LogP contribution is 2.68. The van der Waals surface area contributed by atoms with E-state index in [1.807, 2.05) is 12.2 Å². The molecule has 6 atom stereocenters. The van der Waals surface area contributed by atoms with Crippen LogP contribution in [0.1, 0.15) is 12.8 Å². The summed E-state index contributed by atoms with van der Waals surface area (Å²) in [6.45, 7) is 1.04. The van der Waals surface area contributed by atoms with E-state index in [-0.39, 0.29) is 17.3 Å². The average molecular weight is 425 g/mol. The number of carbonyl (C=O) groups excluding carboxylic acids is 1. The number of nitrogens with zero attached hydrogens (tertiary/aromatic N) is 1. The quantitative estimate of drug-likeness (QED) is 0.606. The van der Waals surface area contributed by atoms with Crippen LogP contribution in [-0.4, -0.2) is 43.5 Å². The summed E-state index contributed by atoms with van der Waals surface area (Å²) in [6.07, 6.45) is 8.00. The number of hydrogen-bond acceptors (Lipinski definition) is 4. The Kier molecular flexibility index (Phi) is 2.92. The van der Waals surface area contributed by atoms with Crippen LogP contribution in [0.4, 0.5) is 0 Å². The summed E-state index contributed by atoms with van der Waals surface area (Å²) in [7, 11) is 3.92. The largest absolute Gasteiger partial charge is 0.493 e. The molecular weight excluding hydrogens is 405 g/mol. The number of likely N-dealkylation sites (tertiary alicyclic amines) is 1. The summed E-state index contributed by atoms with van der Waals surface area (Å²) in [6, 6.07) is 0.500. The Balaban J connectivity index is 1.76. The summed E-state index contributed by atoms with van der Waals surface area (Å²) in [4.78, 5) is 15.3. The zero-order chi connectivity index (χ0) is 15.9. The lowest BCUT2D eigenvalue weighted by atomic mass is 9.48. The van der Waals surface area contributed by atoms with Gasteiger partial charge in [0.05, 0.1) is 7.11 Å². The van der Waals surface area contributed by atoms with Gasteiger partial charge in [-0.2, -0.15) is 0 Å². The van der Waals surface area contributed by atoms with Crippen LogP contribution in [0, 0.1) is 23.2 Å². The minimum absolute atomic E-state index is 0.0771. The van der Waals surface area contributed by atoms with Crippen LogP contribution in [0.15, 0.2) is 33.3 Å². The summed E-state index contributed by atoms with van der Waals surface area (Å²) < 4.78 is 13.1. The predicted molar refractivity (Wildman–Crippen MR) is 93.7 cm³/mol. The number of methoxy groups -OCH3 is 1. The molecule has 5 heteroatoms. The normalized spacial score (nSPS) is 47.2. The number of rotatable bonds is 1. The molecule has 0 aromatic carbocycles. The third-order valence-corrected chi connectivity index (χ3v) is 7.74. The van der Waals surface area contributed by atoms with Gasteiger partial charge >= 0.3 is 0 Å². The van der Waals surface area contributed by atoms with E-state index in [9.17, 15) is 4.79 Å². The maximum atomic E-state index is 12.8. The molecule has 4 nitrogen and oxygen atoms in total. The molecule has 5 rings (SSSR count). The molecule has 1 spiro atoms. The van der Waals surface area contributed by atoms with E-state index in [1.165, 1.54) is 3.58 Å². The van der Waals surface area contributed by atoms with Crippen molar-refractivity contribution in [3.05, 3.63) is 33.3 Å². The second-order valence-electron chi connectivity index (χ2n) is 7.49. The van der Waals surface area contributed by atoms with Crippen LogP contribution in [0.5, 0.6) is 0 Å². The van der Waals surface area contributed by atoms with Crippen molar-refractivity contribution in [2.45, 2.75) is 25.0 Å². The molecule has 2 aliphatic heterocycles. The van der Waals surface area contributed by atoms with E-state index in [1.54, 1.807) is 7.11 Å². The minimum atomic E-state index is -0.324. The molecule has 0 N–H and O–H groups in total. The molecule has 1 saturated carbocycles. The first-order chi connectivity index (χ1) is 11.1. The van der Waals surface area contributed by atoms with Crippen LogP contribution in [-0.2, 0) is 14.3 Å². The van der Waals surface area contributed by atoms with Gasteiger partial charge in [0.2, 0.25) is 0 Å². The van der Waals surface area contributed by atoms with Gasteiger partial charge in [0.15, 0.2) is 17.6 Å². The highest BCUT2D eigenvalue weighted by molar-refractivity contribution is 14.1. The van der Waals surface area contributed by atoms with Gasteiger partial charge in [0, 0.05) is 23.3 Å². The fourth-order valence-electron chi connectivity index (χ4n) is 5.92. The Labute approximate surface area is 149 Å². The fourth-order valence-corrected chi connectivity index (χ4v) is 7.22. The van der Waals surface area contributed by atoms with Crippen LogP contribution in [0.25, 0.3) is 0 Å². The zero-order valence-corrected chi connectivity index (χ0v) is 15.4. The number of ether oxygens (including phenoxy) is 2. The van der Waals surface area contributed by atoms with Crippen LogP contribution in [0.2, 0.25) is 0 Å². The van der Waals surface area contributed by atoms with Crippen molar-refractivity contribution in [3.63, 3.8) is 0 Å². The molecule has 0 radical (unpaired) electrons. The maximum absolute atomic E-state index is 12.8. The lowest BCUT2D eigenvalue weighted by molar-refractivity contribution is -0.141. The number of ketones is 1. The average Bonchev–Trinajstić information content (AvgIpc) is 2.88. The number of carbonyl (C=O) groups is 1. The summed E-state index contributed by atoms with van der Waals surface area (Å²) in [5, 5.41) is 0. The van der Waals surface area contributed by atoms with E-state index in [2.05, 4.69) is 40.6 Å². The number of allylic oxidation sites excluding steroid dienone is 3. The molecule has 0 aromatic rings. The third kappa shape index (κ3) is 1.58. The molecule has 2 bridgehead atoms. The van der Waals surface area contributed by atoms with Crippen molar-refractivity contribution in [2.24, 2.45) is 23.2 Å². The highest BCUT2D eigenvalue weighted by Gasteiger charge is 2.71. The number of hydrogen-bond donors (Lipinski definition) is 0. The lowest BCUT2D eigenvalue weighted by Crippen LogP contribution is -2.65. The predicted octanol–water partition coefficient (Wildman–Crippen LogP) is 2.66. The number of piperidine rings is 1. The smallest absolute Gasteiger partial charge is 0.197 e. The van der Waals surface area contributed by atoms with E-state index in [0.717, 1.165) is 30.9 Å². The summed E-state index contributed by atoms with van der Waals surface area (Å²) in [5.41, 5.74) is -0.0771. The molecule has 2 unspecified atom stereocenters. The minimum Gasteiger partial charge on any atom is -0.493 e. The van der Waals surface area contributed by atoms with Gasteiger partial charge in [-0.05, 0) is 70.7 Å². The Bertz CT molecular complexity index is 696. The molecule has 0 amide bonds. The molecule has 23 heavy (non-hydrogen) atoms. The molecule has 2 heterocycles. The van der Waals surface area contributed by atoms with Crippen LogP contribution >= 0.6 is 22.6 Å². The van der Waals surface area contributed by atoms with Crippen LogP contribution < -0.4 is 0 Å². The second kappa shape index (κ2) is 4.63. The van der Waals surface area contributed by atoms with Crippen molar-refractivity contribution in [3.8, 4) is 0 Å². The first-order valence-electron chi connectivity index (χ1n) is 8.32. The Morgan fingerprint density at radius 3 is 3.04 bits per heavy atom. The summed E-state index contributed by atoms with van der Waals surface area (Å²) in [5.74, 6) is 3.05. The Morgan fingerprint density at radius 2 is 2.26 bits per heavy atom. The molecule has 122 valence electrons. The van der Waals surface area contributed by atoms with E-state index < -0.39 is 0 Å². The van der Waals surface area contributed by atoms with Crippen molar-refractivity contribution in [1.82, 2.24) is 4.90 Å². The summed E-state index contributed by atoms with van der Waals surface area (Å²) >= 11 is 2.40. The van der Waals surface area contributed by atoms with Crippen molar-refractivity contribution < 1.29 is 14.3 Å². The first kappa shape index (κ1) is 14.5. The molecule has 3 fully saturated rings. The molecule has 2 saturated heterocycles. The number of halogens is 1. The topological polar surface area (TPSA) is 38.8 Å². The SMILES string of the molecule is COC1=C2O[C@H]3C(=O)C=C(I)[C@H]4[C@H]5CC(C=C1)C2[C@@]34CCN5C. The van der Waals surface area contributed by atoms with Crippen molar-refractivity contribution in [2.75, 3.05) is 20.7 Å². The second-order valence-corrected chi connectivity index (χ2v) is 8.73. The Hall–Kier alpha value is -0.820. The van der Waals surface area contributed by atoms with Gasteiger partial charge < -0.3 is 14.4 Å². The van der Waals surface area contributed by atoms with Crippen LogP contribution in [0.3, 0.4) is 0 Å².